The Bertz CT molecular complexity index is 3000. The van der Waals surface area contributed by atoms with Crippen LogP contribution in [0.5, 0.6) is 0 Å². The SMILES string of the molecule is N#CC(C#N)=C(c1ccc(-n2ccc3cc4ccccc4cc32)cc1)c1ccc(-n2c3c(c4c5ccccc5c5ccccc5c42)CCCC3)cc1. The van der Waals surface area contributed by atoms with Gasteiger partial charge in [-0.25, -0.2) is 0 Å². The van der Waals surface area contributed by atoms with Crippen molar-refractivity contribution >= 4 is 59.7 Å². The van der Waals surface area contributed by atoms with Crippen molar-refractivity contribution in [1.82, 2.24) is 9.13 Å². The molecule has 0 saturated carbocycles. The Labute approximate surface area is 301 Å². The highest BCUT2D eigenvalue weighted by atomic mass is 15.0. The summed E-state index contributed by atoms with van der Waals surface area (Å²) in [6.45, 7) is 0. The molecule has 2 aromatic heterocycles. The Kier molecular flexibility index (Phi) is 6.85. The Hall–Kier alpha value is -6.88. The second-order valence-corrected chi connectivity index (χ2v) is 13.8. The van der Waals surface area contributed by atoms with E-state index in [1.54, 1.807) is 0 Å². The topological polar surface area (TPSA) is 57.4 Å². The van der Waals surface area contributed by atoms with Crippen molar-refractivity contribution < 1.29 is 0 Å². The summed E-state index contributed by atoms with van der Waals surface area (Å²) in [5, 5.41) is 30.4. The van der Waals surface area contributed by atoms with Crippen molar-refractivity contribution in [2.24, 2.45) is 0 Å². The van der Waals surface area contributed by atoms with Crippen LogP contribution in [-0.4, -0.2) is 9.13 Å². The predicted octanol–water partition coefficient (Wildman–Crippen LogP) is 11.8. The molecule has 0 N–H and O–H groups in total. The molecule has 0 atom stereocenters. The van der Waals surface area contributed by atoms with Gasteiger partial charge in [0.25, 0.3) is 0 Å². The third-order valence-electron chi connectivity index (χ3n) is 11.0. The van der Waals surface area contributed by atoms with Crippen molar-refractivity contribution in [1.29, 1.82) is 10.5 Å². The standard InChI is InChI=1S/C48H32N4/c49-29-36(30-50)46(31-17-21-37(22-18-31)51-26-25-35-27-33-9-1-2-10-34(33)28-45(35)51)32-19-23-38(24-20-32)52-44-16-8-7-15-43(44)47-41-13-5-3-11-39(41)40-12-4-6-14-42(40)48(47)52/h1-6,9-14,17-28H,7-8,15-16H2. The molecule has 1 aliphatic carbocycles. The predicted molar refractivity (Wildman–Crippen MR) is 213 cm³/mol. The van der Waals surface area contributed by atoms with Crippen LogP contribution in [0.4, 0.5) is 0 Å². The Morgan fingerprint density at radius 3 is 1.81 bits per heavy atom. The molecule has 4 nitrogen and oxygen atoms in total. The maximum absolute atomic E-state index is 10.1. The lowest BCUT2D eigenvalue weighted by atomic mass is 9.91. The van der Waals surface area contributed by atoms with E-state index in [1.807, 2.05) is 12.1 Å². The number of aryl methyl sites for hydroxylation is 1. The van der Waals surface area contributed by atoms with Crippen LogP contribution in [0.3, 0.4) is 0 Å². The molecule has 0 saturated heterocycles. The van der Waals surface area contributed by atoms with E-state index in [9.17, 15) is 10.5 Å². The van der Waals surface area contributed by atoms with Crippen LogP contribution in [0.1, 0.15) is 35.2 Å². The second kappa shape index (κ2) is 11.9. The van der Waals surface area contributed by atoms with Crippen LogP contribution in [0, 0.1) is 22.7 Å². The summed E-state index contributed by atoms with van der Waals surface area (Å²) < 4.78 is 4.68. The third kappa shape index (κ3) is 4.52. The number of allylic oxidation sites excluding steroid dienone is 1. The van der Waals surface area contributed by atoms with Crippen molar-refractivity contribution in [3.63, 3.8) is 0 Å². The average molecular weight is 665 g/mol. The number of aromatic nitrogens is 2. The number of benzene rings is 7. The molecule has 1 aliphatic rings. The quantitative estimate of drug-likeness (QED) is 0.139. The zero-order chi connectivity index (χ0) is 34.8. The number of hydrogen-bond donors (Lipinski definition) is 0. The Balaban J connectivity index is 1.09. The third-order valence-corrected chi connectivity index (χ3v) is 11.0. The van der Waals surface area contributed by atoms with Gasteiger partial charge in [0.2, 0.25) is 0 Å². The highest BCUT2D eigenvalue weighted by molar-refractivity contribution is 6.26. The van der Waals surface area contributed by atoms with Gasteiger partial charge in [0.05, 0.1) is 11.0 Å². The van der Waals surface area contributed by atoms with E-state index in [0.29, 0.717) is 5.57 Å². The zero-order valence-electron chi connectivity index (χ0n) is 28.5. The average Bonchev–Trinajstić information content (AvgIpc) is 3.79. The number of nitrogens with zero attached hydrogens (tertiary/aromatic N) is 4. The Morgan fingerprint density at radius 2 is 1.12 bits per heavy atom. The molecule has 10 rings (SSSR count). The first-order chi connectivity index (χ1) is 25.7. The molecule has 9 aromatic rings. The summed E-state index contributed by atoms with van der Waals surface area (Å²) in [6.07, 6.45) is 6.57. The van der Waals surface area contributed by atoms with Gasteiger partial charge in [0, 0.05) is 45.0 Å². The lowest BCUT2D eigenvalue weighted by molar-refractivity contribution is 0.667. The molecular formula is C48H32N4. The van der Waals surface area contributed by atoms with Gasteiger partial charge in [-0.05, 0) is 112 Å². The molecule has 4 heteroatoms. The van der Waals surface area contributed by atoms with Gasteiger partial charge in [-0.3, -0.25) is 0 Å². The van der Waals surface area contributed by atoms with Gasteiger partial charge >= 0.3 is 0 Å². The molecular weight excluding hydrogens is 633 g/mol. The van der Waals surface area contributed by atoms with E-state index in [0.717, 1.165) is 40.9 Å². The second-order valence-electron chi connectivity index (χ2n) is 13.8. The van der Waals surface area contributed by atoms with Crippen LogP contribution in [0.15, 0.2) is 151 Å². The van der Waals surface area contributed by atoms with Crippen molar-refractivity contribution in [3.8, 4) is 23.5 Å². The summed E-state index contributed by atoms with van der Waals surface area (Å²) in [4.78, 5) is 0. The maximum atomic E-state index is 10.1. The van der Waals surface area contributed by atoms with E-state index in [-0.39, 0.29) is 5.57 Å². The highest BCUT2D eigenvalue weighted by Gasteiger charge is 2.25. The van der Waals surface area contributed by atoms with Gasteiger partial charge < -0.3 is 9.13 Å². The smallest absolute Gasteiger partial charge is 0.138 e. The molecule has 0 bridgehead atoms. The summed E-state index contributed by atoms with van der Waals surface area (Å²) in [5.41, 5.74) is 9.77. The molecule has 244 valence electrons. The van der Waals surface area contributed by atoms with Crippen LogP contribution in [0.25, 0.3) is 71.1 Å². The summed E-state index contributed by atoms with van der Waals surface area (Å²) in [6, 6.07) is 53.6. The molecule has 0 unspecified atom stereocenters. The largest absolute Gasteiger partial charge is 0.317 e. The first kappa shape index (κ1) is 30.0. The van der Waals surface area contributed by atoms with Crippen molar-refractivity contribution in [2.75, 3.05) is 0 Å². The summed E-state index contributed by atoms with van der Waals surface area (Å²) in [5.74, 6) is 0. The summed E-state index contributed by atoms with van der Waals surface area (Å²) in [7, 11) is 0. The van der Waals surface area contributed by atoms with Crippen LogP contribution in [-0.2, 0) is 12.8 Å². The molecule has 0 radical (unpaired) electrons. The van der Waals surface area contributed by atoms with Gasteiger partial charge in [0.15, 0.2) is 0 Å². The monoisotopic (exact) mass is 664 g/mol. The van der Waals surface area contributed by atoms with Gasteiger partial charge in [-0.15, -0.1) is 0 Å². The molecule has 0 fully saturated rings. The van der Waals surface area contributed by atoms with E-state index in [4.69, 9.17) is 0 Å². The van der Waals surface area contributed by atoms with Crippen molar-refractivity contribution in [2.45, 2.75) is 25.7 Å². The zero-order valence-corrected chi connectivity index (χ0v) is 28.5. The lowest BCUT2D eigenvalue weighted by Gasteiger charge is -2.17. The van der Waals surface area contributed by atoms with Crippen LogP contribution < -0.4 is 0 Å². The fourth-order valence-electron chi connectivity index (χ4n) is 8.69. The number of fused-ring (bicyclic) bond motifs is 10. The highest BCUT2D eigenvalue weighted by Crippen LogP contribution is 2.43. The normalized spacial score (nSPS) is 12.7. The van der Waals surface area contributed by atoms with Gasteiger partial charge in [-0.2, -0.15) is 10.5 Å². The minimum atomic E-state index is 0.0969. The van der Waals surface area contributed by atoms with Crippen LogP contribution in [0.2, 0.25) is 0 Å². The fourth-order valence-corrected chi connectivity index (χ4v) is 8.69. The molecule has 2 heterocycles. The van der Waals surface area contributed by atoms with Gasteiger partial charge in [0.1, 0.15) is 17.7 Å². The van der Waals surface area contributed by atoms with E-state index >= 15 is 0 Å². The molecule has 52 heavy (non-hydrogen) atoms. The minimum Gasteiger partial charge on any atom is -0.317 e. The Morgan fingerprint density at radius 1 is 0.538 bits per heavy atom. The first-order valence-electron chi connectivity index (χ1n) is 17.9. The van der Waals surface area contributed by atoms with E-state index in [2.05, 4.69) is 155 Å². The van der Waals surface area contributed by atoms with E-state index < -0.39 is 0 Å². The van der Waals surface area contributed by atoms with Crippen LogP contribution >= 0.6 is 0 Å². The number of hydrogen-bond acceptors (Lipinski definition) is 2. The van der Waals surface area contributed by atoms with Crippen molar-refractivity contribution in [3.05, 3.63) is 174 Å². The molecule has 0 spiro atoms. The molecule has 7 aromatic carbocycles. The first-order valence-corrected chi connectivity index (χ1v) is 17.9. The molecule has 0 amide bonds. The minimum absolute atomic E-state index is 0.0969. The number of nitriles is 2. The van der Waals surface area contributed by atoms with E-state index in [1.165, 1.54) is 72.7 Å². The maximum Gasteiger partial charge on any atom is 0.138 e. The summed E-state index contributed by atoms with van der Waals surface area (Å²) >= 11 is 0. The van der Waals surface area contributed by atoms with Gasteiger partial charge in [-0.1, -0.05) is 97.1 Å². The number of rotatable bonds is 4. The lowest BCUT2D eigenvalue weighted by Crippen LogP contribution is -2.07. The fraction of sp³-hybridized carbons (Fsp3) is 0.0833. The molecule has 0 aliphatic heterocycles.